The average molecular weight is 814 g/mol. The highest BCUT2D eigenvalue weighted by Crippen LogP contribution is 2.55. The number of hydrogen-bond acceptors (Lipinski definition) is 12. The first-order chi connectivity index (χ1) is 27.9. The zero-order valence-corrected chi connectivity index (χ0v) is 33.5. The van der Waals surface area contributed by atoms with Gasteiger partial charge in [0.1, 0.15) is 16.4 Å². The summed E-state index contributed by atoms with van der Waals surface area (Å²) in [5.41, 5.74) is 6.35. The van der Waals surface area contributed by atoms with E-state index in [1.807, 2.05) is 54.7 Å². The molecule has 1 saturated heterocycles. The summed E-state index contributed by atoms with van der Waals surface area (Å²) in [6.45, 7) is 5.18. The SMILES string of the molecule is O=C(NC12C=C(C1)c1ccccc1S2)c1cccc2c1CN(c1nc(C(=O)O)c(CCCOc3ccc4nc(N5CCN(c6ccccn6)CC5)sc4c3)s1)CC2. The van der Waals surface area contributed by atoms with Crippen LogP contribution < -0.4 is 24.8 Å². The lowest BCUT2D eigenvalue weighted by Gasteiger charge is -2.45. The van der Waals surface area contributed by atoms with Crippen LogP contribution in [0.1, 0.15) is 55.3 Å². The Labute approximate surface area is 342 Å². The standard InChI is InChI=1S/C43H39N7O4S3/c51-39(47-43-24-28(25-43)30-8-1-2-10-34(30)57-43)31-9-5-7-27-15-17-50(26-32(27)31)42-46-38(40(52)53)35(55-42)11-6-22-54-29-13-14-33-36(23-29)56-41(45-33)49-20-18-48(19-21-49)37-12-3-4-16-44-37/h1-5,7-10,12-14,16,23-24H,6,11,15,17-22,25-26H2,(H,47,51)(H,52,53). The smallest absolute Gasteiger partial charge is 0.355 e. The molecule has 0 spiro atoms. The van der Waals surface area contributed by atoms with Crippen LogP contribution in [0.3, 0.4) is 0 Å². The Bertz CT molecular complexity index is 2550. The van der Waals surface area contributed by atoms with E-state index in [-0.39, 0.29) is 11.6 Å². The quantitative estimate of drug-likeness (QED) is 0.125. The van der Waals surface area contributed by atoms with Gasteiger partial charge in [-0.25, -0.2) is 19.7 Å². The van der Waals surface area contributed by atoms with E-state index in [0.29, 0.717) is 43.2 Å². The van der Waals surface area contributed by atoms with Crippen LogP contribution in [0.15, 0.2) is 96.0 Å². The number of carboxylic acid groups (broad SMARTS) is 1. The largest absolute Gasteiger partial charge is 0.494 e. The van der Waals surface area contributed by atoms with Gasteiger partial charge in [-0.2, -0.15) is 0 Å². The Morgan fingerprint density at radius 3 is 2.54 bits per heavy atom. The van der Waals surface area contributed by atoms with E-state index in [1.54, 1.807) is 23.1 Å². The molecular weight excluding hydrogens is 775 g/mol. The number of amides is 1. The highest BCUT2D eigenvalue weighted by atomic mass is 32.2. The van der Waals surface area contributed by atoms with E-state index in [2.05, 4.69) is 66.4 Å². The highest BCUT2D eigenvalue weighted by molar-refractivity contribution is 8.01. The zero-order valence-electron chi connectivity index (χ0n) is 31.0. The number of hydrogen-bond donors (Lipinski definition) is 2. The van der Waals surface area contributed by atoms with Gasteiger partial charge in [-0.05, 0) is 90.1 Å². The molecule has 0 saturated carbocycles. The molecule has 11 nitrogen and oxygen atoms in total. The molecule has 5 aliphatic rings. The van der Waals surface area contributed by atoms with Crippen molar-refractivity contribution in [2.24, 2.45) is 0 Å². The number of fused-ring (bicyclic) bond motifs is 2. The van der Waals surface area contributed by atoms with Gasteiger partial charge in [0, 0.05) is 67.2 Å². The number of aryl methyl sites for hydroxylation is 1. The topological polar surface area (TPSA) is 124 Å². The number of carboxylic acids is 1. The van der Waals surface area contributed by atoms with E-state index >= 15 is 0 Å². The fourth-order valence-corrected chi connectivity index (χ4v) is 11.7. The molecule has 4 aliphatic heterocycles. The molecule has 7 heterocycles. The highest BCUT2D eigenvalue weighted by Gasteiger charge is 2.45. The van der Waals surface area contributed by atoms with Gasteiger partial charge < -0.3 is 29.9 Å². The Morgan fingerprint density at radius 2 is 1.70 bits per heavy atom. The van der Waals surface area contributed by atoms with Crippen molar-refractivity contribution in [3.8, 4) is 5.75 Å². The molecule has 1 atom stereocenters. The van der Waals surface area contributed by atoms with Crippen molar-refractivity contribution < 1.29 is 19.4 Å². The van der Waals surface area contributed by atoms with Crippen molar-refractivity contribution in [3.05, 3.63) is 124 Å². The van der Waals surface area contributed by atoms with Crippen molar-refractivity contribution in [2.75, 3.05) is 54.0 Å². The summed E-state index contributed by atoms with van der Waals surface area (Å²) in [6, 6.07) is 26.3. The lowest BCUT2D eigenvalue weighted by molar-refractivity contribution is 0.0689. The van der Waals surface area contributed by atoms with Crippen molar-refractivity contribution in [1.82, 2.24) is 20.3 Å². The maximum atomic E-state index is 13.9. The molecular formula is C43H39N7O4S3. The molecule has 1 amide bonds. The van der Waals surface area contributed by atoms with E-state index < -0.39 is 10.8 Å². The lowest BCUT2D eigenvalue weighted by Crippen LogP contribution is -2.50. The van der Waals surface area contributed by atoms with E-state index in [0.717, 1.165) is 81.9 Å². The van der Waals surface area contributed by atoms with Gasteiger partial charge in [0.15, 0.2) is 16.0 Å². The third-order valence-electron chi connectivity index (χ3n) is 11.1. The third-order valence-corrected chi connectivity index (χ3v) is 14.6. The van der Waals surface area contributed by atoms with Crippen LogP contribution in [-0.2, 0) is 19.4 Å². The second kappa shape index (κ2) is 14.8. The molecule has 1 fully saturated rings. The van der Waals surface area contributed by atoms with Gasteiger partial charge in [0.25, 0.3) is 5.91 Å². The second-order valence-electron chi connectivity index (χ2n) is 14.7. The Kier molecular flexibility index (Phi) is 9.34. The number of carbonyl (C=O) groups excluding carboxylic acids is 1. The Balaban J connectivity index is 0.764. The third kappa shape index (κ3) is 6.99. The van der Waals surface area contributed by atoms with Crippen LogP contribution in [0.25, 0.3) is 15.8 Å². The van der Waals surface area contributed by atoms with Crippen molar-refractivity contribution >= 4 is 78.2 Å². The first kappa shape index (κ1) is 35.9. The predicted octanol–water partition coefficient (Wildman–Crippen LogP) is 7.77. The van der Waals surface area contributed by atoms with E-state index in [9.17, 15) is 14.7 Å². The van der Waals surface area contributed by atoms with Gasteiger partial charge in [-0.3, -0.25) is 4.79 Å². The second-order valence-corrected chi connectivity index (χ2v) is 18.2. The minimum Gasteiger partial charge on any atom is -0.494 e. The minimum atomic E-state index is -1.03. The van der Waals surface area contributed by atoms with Crippen molar-refractivity contribution in [1.29, 1.82) is 0 Å². The molecule has 2 bridgehead atoms. The van der Waals surface area contributed by atoms with Crippen LogP contribution in [0.5, 0.6) is 5.75 Å². The maximum absolute atomic E-state index is 13.9. The summed E-state index contributed by atoms with van der Waals surface area (Å²) in [5, 5.41) is 15.1. The minimum absolute atomic E-state index is 0.0904. The van der Waals surface area contributed by atoms with Crippen LogP contribution in [-0.4, -0.2) is 76.1 Å². The number of anilines is 3. The fourth-order valence-electron chi connectivity index (χ4n) is 8.13. The average Bonchev–Trinajstić information content (AvgIpc) is 3.87. The van der Waals surface area contributed by atoms with Crippen LogP contribution in [0.2, 0.25) is 0 Å². The van der Waals surface area contributed by atoms with Crippen LogP contribution in [0, 0.1) is 0 Å². The molecule has 288 valence electrons. The zero-order chi connectivity index (χ0) is 38.5. The Morgan fingerprint density at radius 1 is 0.877 bits per heavy atom. The van der Waals surface area contributed by atoms with Crippen molar-refractivity contribution in [3.63, 3.8) is 0 Å². The summed E-state index contributed by atoms with van der Waals surface area (Å²) >= 11 is 4.80. The summed E-state index contributed by atoms with van der Waals surface area (Å²) in [5.74, 6) is 0.660. The van der Waals surface area contributed by atoms with Crippen molar-refractivity contribution in [2.45, 2.75) is 42.0 Å². The number of aromatic carboxylic acids is 1. The molecule has 1 unspecified atom stereocenters. The predicted molar refractivity (Wildman–Crippen MR) is 227 cm³/mol. The molecule has 1 aliphatic carbocycles. The first-order valence-electron chi connectivity index (χ1n) is 19.2. The lowest BCUT2D eigenvalue weighted by atomic mass is 9.85. The Hall–Kier alpha value is -5.44. The number of pyridine rings is 1. The van der Waals surface area contributed by atoms with Gasteiger partial charge in [-0.1, -0.05) is 59.5 Å². The number of aromatic nitrogens is 3. The number of ether oxygens (including phenoxy) is 1. The van der Waals surface area contributed by atoms with Crippen LogP contribution >= 0.6 is 34.4 Å². The monoisotopic (exact) mass is 813 g/mol. The molecule has 0 radical (unpaired) electrons. The van der Waals surface area contributed by atoms with Crippen LogP contribution in [0.4, 0.5) is 16.1 Å². The van der Waals surface area contributed by atoms with E-state index in [4.69, 9.17) is 9.72 Å². The summed E-state index contributed by atoms with van der Waals surface area (Å²) in [4.78, 5) is 48.5. The summed E-state index contributed by atoms with van der Waals surface area (Å²) < 4.78 is 7.24. The number of thioether (sulfide) groups is 1. The summed E-state index contributed by atoms with van der Waals surface area (Å²) in [7, 11) is 0. The van der Waals surface area contributed by atoms with Gasteiger partial charge in [0.05, 0.1) is 16.8 Å². The van der Waals surface area contributed by atoms with Gasteiger partial charge >= 0.3 is 5.97 Å². The molecule has 3 aromatic carbocycles. The molecule has 14 heteroatoms. The van der Waals surface area contributed by atoms with E-state index in [1.165, 1.54) is 27.4 Å². The van der Waals surface area contributed by atoms with Gasteiger partial charge in [-0.15, -0.1) is 11.3 Å². The normalized spacial score (nSPS) is 18.4. The molecule has 2 N–H and O–H groups in total. The summed E-state index contributed by atoms with van der Waals surface area (Å²) in [6.07, 6.45) is 6.74. The number of rotatable bonds is 11. The molecule has 57 heavy (non-hydrogen) atoms. The number of nitrogens with zero attached hydrogens (tertiary/aromatic N) is 6. The number of carbonyl (C=O) groups is 2. The molecule has 6 aromatic rings. The molecule has 11 rings (SSSR count). The first-order valence-corrected chi connectivity index (χ1v) is 21.7. The molecule has 3 aromatic heterocycles. The number of thiazole rings is 2. The van der Waals surface area contributed by atoms with Gasteiger partial charge in [0.2, 0.25) is 0 Å². The maximum Gasteiger partial charge on any atom is 0.355 e. The number of piperazine rings is 1. The fraction of sp³-hybridized carbons (Fsp3) is 0.279. The number of benzene rings is 3. The number of nitrogens with one attached hydrogen (secondary N) is 1.